The van der Waals surface area contributed by atoms with E-state index in [9.17, 15) is 0 Å². The highest BCUT2D eigenvalue weighted by Gasteiger charge is 2.26. The predicted molar refractivity (Wildman–Crippen MR) is 78.2 cm³/mol. The number of ether oxygens (including phenoxy) is 1. The summed E-state index contributed by atoms with van der Waals surface area (Å²) < 4.78 is 5.86. The Morgan fingerprint density at radius 3 is 2.78 bits per heavy atom. The second-order valence-electron chi connectivity index (χ2n) is 6.17. The highest BCUT2D eigenvalue weighted by Crippen LogP contribution is 2.23. The third-order valence-electron chi connectivity index (χ3n) is 4.10. The van der Waals surface area contributed by atoms with Crippen LogP contribution < -0.4 is 5.32 Å². The number of piperidine rings is 1. The predicted octanol–water partition coefficient (Wildman–Crippen LogP) is 2.50. The van der Waals surface area contributed by atoms with E-state index >= 15 is 0 Å². The molecule has 0 radical (unpaired) electrons. The lowest BCUT2D eigenvalue weighted by Gasteiger charge is -2.38. The Labute approximate surface area is 118 Å². The summed E-state index contributed by atoms with van der Waals surface area (Å²) in [4.78, 5) is 2.61. The largest absolute Gasteiger partial charge is 0.363 e. The molecule has 18 heavy (non-hydrogen) atoms. The minimum absolute atomic E-state index is 0. The molecule has 0 aromatic heterocycles. The molecule has 0 aromatic rings. The number of hydrogen-bond acceptors (Lipinski definition) is 3. The van der Waals surface area contributed by atoms with Crippen molar-refractivity contribution in [2.45, 2.75) is 52.3 Å². The van der Waals surface area contributed by atoms with E-state index in [1.807, 2.05) is 0 Å². The van der Waals surface area contributed by atoms with Gasteiger partial charge in [0.2, 0.25) is 0 Å². The van der Waals surface area contributed by atoms with Gasteiger partial charge in [0.1, 0.15) is 6.23 Å². The summed E-state index contributed by atoms with van der Waals surface area (Å²) in [6.45, 7) is 11.4. The normalized spacial score (nSPS) is 34.3. The van der Waals surface area contributed by atoms with Gasteiger partial charge in [-0.05, 0) is 51.5 Å². The van der Waals surface area contributed by atoms with Crippen molar-refractivity contribution >= 4 is 12.4 Å². The quantitative estimate of drug-likeness (QED) is 0.857. The van der Waals surface area contributed by atoms with Crippen LogP contribution in [0.15, 0.2) is 0 Å². The van der Waals surface area contributed by atoms with Crippen molar-refractivity contribution in [2.75, 3.05) is 26.2 Å². The van der Waals surface area contributed by atoms with Crippen molar-refractivity contribution in [2.24, 2.45) is 11.8 Å². The van der Waals surface area contributed by atoms with Crippen LogP contribution in [0.25, 0.3) is 0 Å². The summed E-state index contributed by atoms with van der Waals surface area (Å²) in [6.07, 6.45) is 4.23. The molecule has 2 heterocycles. The fourth-order valence-electron chi connectivity index (χ4n) is 2.94. The zero-order valence-electron chi connectivity index (χ0n) is 12.0. The van der Waals surface area contributed by atoms with E-state index in [0.29, 0.717) is 18.2 Å². The average molecular weight is 277 g/mol. The molecule has 0 bridgehead atoms. The third kappa shape index (κ3) is 4.69. The van der Waals surface area contributed by atoms with E-state index in [-0.39, 0.29) is 12.4 Å². The molecular formula is C14H29ClN2O. The maximum absolute atomic E-state index is 5.86. The molecule has 1 N–H and O–H groups in total. The molecular weight excluding hydrogens is 248 g/mol. The minimum atomic E-state index is 0. The van der Waals surface area contributed by atoms with Crippen molar-refractivity contribution in [3.05, 3.63) is 0 Å². The van der Waals surface area contributed by atoms with Gasteiger partial charge in [-0.25, -0.2) is 0 Å². The first-order valence-electron chi connectivity index (χ1n) is 7.24. The van der Waals surface area contributed by atoms with Crippen molar-refractivity contribution in [3.8, 4) is 0 Å². The van der Waals surface area contributed by atoms with Gasteiger partial charge >= 0.3 is 0 Å². The van der Waals surface area contributed by atoms with Crippen molar-refractivity contribution in [1.29, 1.82) is 0 Å². The first-order chi connectivity index (χ1) is 8.15. The van der Waals surface area contributed by atoms with Gasteiger partial charge in [0.15, 0.2) is 0 Å². The van der Waals surface area contributed by atoms with Crippen LogP contribution in [0.3, 0.4) is 0 Å². The van der Waals surface area contributed by atoms with Crippen LogP contribution in [0.4, 0.5) is 0 Å². The molecule has 2 fully saturated rings. The third-order valence-corrected chi connectivity index (χ3v) is 4.10. The fourth-order valence-corrected chi connectivity index (χ4v) is 2.94. The molecule has 2 rings (SSSR count). The summed E-state index contributed by atoms with van der Waals surface area (Å²) >= 11 is 0. The van der Waals surface area contributed by atoms with E-state index < -0.39 is 0 Å². The Morgan fingerprint density at radius 2 is 2.17 bits per heavy atom. The molecule has 0 aromatic carbocycles. The maximum Gasteiger partial charge on any atom is 0.108 e. The first-order valence-corrected chi connectivity index (χ1v) is 7.24. The zero-order chi connectivity index (χ0) is 12.3. The number of hydrogen-bond donors (Lipinski definition) is 1. The molecule has 0 amide bonds. The number of halogens is 1. The highest BCUT2D eigenvalue weighted by atomic mass is 35.5. The Morgan fingerprint density at radius 1 is 1.39 bits per heavy atom. The second kappa shape index (κ2) is 7.68. The van der Waals surface area contributed by atoms with Gasteiger partial charge in [-0.15, -0.1) is 12.4 Å². The van der Waals surface area contributed by atoms with Crippen LogP contribution in [0.1, 0.15) is 40.0 Å². The summed E-state index contributed by atoms with van der Waals surface area (Å²) in [5.41, 5.74) is 0. The fraction of sp³-hybridized carbons (Fsp3) is 1.00. The topological polar surface area (TPSA) is 24.5 Å². The molecule has 2 aliphatic heterocycles. The van der Waals surface area contributed by atoms with E-state index in [1.54, 1.807) is 0 Å². The number of nitrogens with zero attached hydrogens (tertiary/aromatic N) is 1. The second-order valence-corrected chi connectivity index (χ2v) is 6.17. The Kier molecular flexibility index (Phi) is 6.93. The average Bonchev–Trinajstić information content (AvgIpc) is 2.32. The lowest BCUT2D eigenvalue weighted by atomic mass is 9.93. The lowest BCUT2D eigenvalue weighted by molar-refractivity contribution is -0.0423. The monoisotopic (exact) mass is 276 g/mol. The van der Waals surface area contributed by atoms with E-state index in [4.69, 9.17) is 4.74 Å². The zero-order valence-corrected chi connectivity index (χ0v) is 12.8. The van der Waals surface area contributed by atoms with Crippen LogP contribution in [0, 0.1) is 11.8 Å². The molecule has 4 heteroatoms. The molecule has 0 aliphatic carbocycles. The van der Waals surface area contributed by atoms with Crippen LogP contribution in [0.2, 0.25) is 0 Å². The van der Waals surface area contributed by atoms with Crippen LogP contribution in [-0.4, -0.2) is 43.4 Å². The molecule has 2 aliphatic rings. The van der Waals surface area contributed by atoms with Gasteiger partial charge in [0.25, 0.3) is 0 Å². The summed E-state index contributed by atoms with van der Waals surface area (Å²) in [5.74, 6) is 1.49. The van der Waals surface area contributed by atoms with E-state index in [1.165, 1.54) is 32.4 Å². The van der Waals surface area contributed by atoms with Gasteiger partial charge in [-0.3, -0.25) is 5.32 Å². The van der Waals surface area contributed by atoms with Crippen molar-refractivity contribution in [3.63, 3.8) is 0 Å². The Hall–Kier alpha value is 0.170. The van der Waals surface area contributed by atoms with Crippen molar-refractivity contribution in [1.82, 2.24) is 10.2 Å². The Balaban J connectivity index is 0.00000162. The van der Waals surface area contributed by atoms with Crippen molar-refractivity contribution < 1.29 is 4.74 Å². The molecule has 108 valence electrons. The van der Waals surface area contributed by atoms with Gasteiger partial charge in [-0.1, -0.05) is 6.92 Å². The van der Waals surface area contributed by atoms with E-state index in [2.05, 4.69) is 31.0 Å². The molecule has 3 nitrogen and oxygen atoms in total. The van der Waals surface area contributed by atoms with E-state index in [0.717, 1.165) is 19.1 Å². The maximum atomic E-state index is 5.86. The molecule has 0 saturated carbocycles. The van der Waals surface area contributed by atoms with Gasteiger partial charge in [0.05, 0.1) is 6.61 Å². The van der Waals surface area contributed by atoms with Crippen LogP contribution in [0.5, 0.6) is 0 Å². The number of likely N-dealkylation sites (tertiary alicyclic amines) is 1. The summed E-state index contributed by atoms with van der Waals surface area (Å²) in [5, 5.41) is 3.52. The lowest BCUT2D eigenvalue weighted by Crippen LogP contribution is -2.46. The summed E-state index contributed by atoms with van der Waals surface area (Å²) in [6, 6.07) is 0.693. The molecule has 0 spiro atoms. The standard InChI is InChI=1S/C14H28N2O.ClH/c1-11(2)16-6-4-5-13(9-16)7-14-15-8-12(3)10-17-14;/h11-15H,4-10H2,1-3H3;1H. The highest BCUT2D eigenvalue weighted by molar-refractivity contribution is 5.85. The smallest absolute Gasteiger partial charge is 0.108 e. The van der Waals surface area contributed by atoms with Gasteiger partial charge in [-0.2, -0.15) is 0 Å². The minimum Gasteiger partial charge on any atom is -0.363 e. The first kappa shape index (κ1) is 16.2. The van der Waals surface area contributed by atoms with Gasteiger partial charge < -0.3 is 9.64 Å². The van der Waals surface area contributed by atoms with Gasteiger partial charge in [0, 0.05) is 19.1 Å². The van der Waals surface area contributed by atoms with Crippen LogP contribution >= 0.6 is 12.4 Å². The Bertz CT molecular complexity index is 230. The molecule has 3 atom stereocenters. The number of nitrogens with one attached hydrogen (secondary N) is 1. The molecule has 3 unspecified atom stereocenters. The van der Waals surface area contributed by atoms with Crippen LogP contribution in [-0.2, 0) is 4.74 Å². The summed E-state index contributed by atoms with van der Waals surface area (Å²) in [7, 11) is 0. The molecule has 2 saturated heterocycles. The SMILES string of the molecule is CC1CNC(CC2CCCN(C(C)C)C2)OC1.Cl. The number of rotatable bonds is 3.